The summed E-state index contributed by atoms with van der Waals surface area (Å²) in [6.45, 7) is 0.739. The smallest absolute Gasteiger partial charge is 0.134 e. The van der Waals surface area contributed by atoms with Crippen molar-refractivity contribution in [1.82, 2.24) is 9.97 Å². The van der Waals surface area contributed by atoms with E-state index in [1.165, 1.54) is 6.33 Å². The topological polar surface area (TPSA) is 69.5 Å². The summed E-state index contributed by atoms with van der Waals surface area (Å²) in [6, 6.07) is 1.60. The molecule has 6 heteroatoms. The van der Waals surface area contributed by atoms with Crippen LogP contribution in [0.3, 0.4) is 0 Å². The minimum absolute atomic E-state index is 0.353. The third-order valence-electron chi connectivity index (χ3n) is 2.20. The Labute approximate surface area is 86.0 Å². The number of aliphatic hydroxyl groups excluding tert-OH is 2. The van der Waals surface area contributed by atoms with Gasteiger partial charge < -0.3 is 15.1 Å². The molecule has 1 aliphatic heterocycles. The fraction of sp³-hybridized carbons (Fsp3) is 0.500. The molecular weight excluding hydrogens is 206 g/mol. The molecule has 1 aromatic heterocycles. The highest BCUT2D eigenvalue weighted by Gasteiger charge is 2.30. The Morgan fingerprint density at radius 3 is 2.50 bits per heavy atom. The largest absolute Gasteiger partial charge is 0.389 e. The first-order valence-electron chi connectivity index (χ1n) is 4.25. The summed E-state index contributed by atoms with van der Waals surface area (Å²) >= 11 is 5.69. The van der Waals surface area contributed by atoms with Crippen LogP contribution in [-0.2, 0) is 0 Å². The van der Waals surface area contributed by atoms with Crippen molar-refractivity contribution in [2.24, 2.45) is 0 Å². The summed E-state index contributed by atoms with van der Waals surface area (Å²) < 4.78 is 0. The highest BCUT2D eigenvalue weighted by molar-refractivity contribution is 6.29. The van der Waals surface area contributed by atoms with E-state index in [1.807, 2.05) is 0 Å². The molecule has 0 saturated carbocycles. The predicted molar refractivity (Wildman–Crippen MR) is 51.3 cm³/mol. The normalized spacial score (nSPS) is 26.9. The van der Waals surface area contributed by atoms with E-state index in [-0.39, 0.29) is 0 Å². The van der Waals surface area contributed by atoms with Gasteiger partial charge in [-0.3, -0.25) is 0 Å². The standard InChI is InChI=1S/C8H10ClN3O2/c9-7-1-8(11-4-10-7)12-2-5(13)6(14)3-12/h1,4-6,13-14H,2-3H2. The fourth-order valence-corrected chi connectivity index (χ4v) is 1.59. The molecule has 0 amide bonds. The second-order valence-corrected chi connectivity index (χ2v) is 3.63. The van der Waals surface area contributed by atoms with Gasteiger partial charge in [0.1, 0.15) is 17.3 Å². The van der Waals surface area contributed by atoms with E-state index < -0.39 is 12.2 Å². The van der Waals surface area contributed by atoms with E-state index in [1.54, 1.807) is 11.0 Å². The second-order valence-electron chi connectivity index (χ2n) is 3.24. The maximum absolute atomic E-state index is 9.33. The lowest BCUT2D eigenvalue weighted by Crippen LogP contribution is -2.22. The van der Waals surface area contributed by atoms with Gasteiger partial charge in [-0.2, -0.15) is 0 Å². The Morgan fingerprint density at radius 2 is 1.93 bits per heavy atom. The molecule has 1 aromatic rings. The summed E-state index contributed by atoms with van der Waals surface area (Å²) in [6.07, 6.45) is -0.0816. The van der Waals surface area contributed by atoms with Gasteiger partial charge in [-0.05, 0) is 0 Å². The molecule has 2 N–H and O–H groups in total. The van der Waals surface area contributed by atoms with Crippen LogP contribution < -0.4 is 4.90 Å². The third kappa shape index (κ3) is 1.79. The minimum Gasteiger partial charge on any atom is -0.389 e. The second kappa shape index (κ2) is 3.68. The molecule has 2 rings (SSSR count). The Hall–Kier alpha value is -0.910. The van der Waals surface area contributed by atoms with Crippen LogP contribution >= 0.6 is 11.6 Å². The number of rotatable bonds is 1. The van der Waals surface area contributed by atoms with Crippen molar-refractivity contribution in [3.8, 4) is 0 Å². The van der Waals surface area contributed by atoms with E-state index in [0.717, 1.165) is 0 Å². The van der Waals surface area contributed by atoms with Crippen molar-refractivity contribution in [3.05, 3.63) is 17.5 Å². The summed E-state index contributed by atoms with van der Waals surface area (Å²) in [7, 11) is 0. The highest BCUT2D eigenvalue weighted by atomic mass is 35.5. The van der Waals surface area contributed by atoms with E-state index >= 15 is 0 Å². The fourth-order valence-electron chi connectivity index (χ4n) is 1.45. The Morgan fingerprint density at radius 1 is 1.29 bits per heavy atom. The lowest BCUT2D eigenvalue weighted by Gasteiger charge is -2.15. The minimum atomic E-state index is -0.719. The van der Waals surface area contributed by atoms with Crippen molar-refractivity contribution in [1.29, 1.82) is 0 Å². The SMILES string of the molecule is OC1CN(c2cc(Cl)ncn2)CC1O. The van der Waals surface area contributed by atoms with Crippen molar-refractivity contribution >= 4 is 17.4 Å². The quantitative estimate of drug-likeness (QED) is 0.628. The average molecular weight is 216 g/mol. The van der Waals surface area contributed by atoms with Crippen LogP contribution in [0.4, 0.5) is 5.82 Å². The number of hydrogen-bond acceptors (Lipinski definition) is 5. The lowest BCUT2D eigenvalue weighted by atomic mass is 10.3. The Balaban J connectivity index is 2.17. The molecule has 0 spiro atoms. The molecule has 76 valence electrons. The van der Waals surface area contributed by atoms with Gasteiger partial charge in [-0.1, -0.05) is 11.6 Å². The van der Waals surface area contributed by atoms with E-state index in [4.69, 9.17) is 11.6 Å². The van der Waals surface area contributed by atoms with Gasteiger partial charge in [0.15, 0.2) is 0 Å². The molecule has 5 nitrogen and oxygen atoms in total. The average Bonchev–Trinajstić information content (AvgIpc) is 2.47. The van der Waals surface area contributed by atoms with Gasteiger partial charge in [0, 0.05) is 19.2 Å². The maximum Gasteiger partial charge on any atom is 0.134 e. The van der Waals surface area contributed by atoms with Gasteiger partial charge in [0.2, 0.25) is 0 Å². The predicted octanol–water partition coefficient (Wildman–Crippen LogP) is -0.328. The first kappa shape index (κ1) is 9.64. The zero-order valence-electron chi connectivity index (χ0n) is 7.34. The molecule has 2 atom stereocenters. The van der Waals surface area contributed by atoms with Crippen LogP contribution in [0.1, 0.15) is 0 Å². The van der Waals surface area contributed by atoms with Gasteiger partial charge in [-0.25, -0.2) is 9.97 Å². The molecular formula is C8H10ClN3O2. The van der Waals surface area contributed by atoms with E-state index in [9.17, 15) is 10.2 Å². The first-order valence-corrected chi connectivity index (χ1v) is 4.63. The van der Waals surface area contributed by atoms with Gasteiger partial charge in [-0.15, -0.1) is 0 Å². The zero-order chi connectivity index (χ0) is 10.1. The summed E-state index contributed by atoms with van der Waals surface area (Å²) in [5.74, 6) is 0.626. The van der Waals surface area contributed by atoms with Gasteiger partial charge in [0.25, 0.3) is 0 Å². The molecule has 1 saturated heterocycles. The number of nitrogens with zero attached hydrogens (tertiary/aromatic N) is 3. The molecule has 1 aliphatic rings. The zero-order valence-corrected chi connectivity index (χ0v) is 8.09. The van der Waals surface area contributed by atoms with Crippen molar-refractivity contribution in [3.63, 3.8) is 0 Å². The number of β-amino-alcohol motifs (C(OH)–C–C–N with tert-alkyl or cyclic N) is 2. The highest BCUT2D eigenvalue weighted by Crippen LogP contribution is 2.19. The molecule has 2 unspecified atom stereocenters. The molecule has 0 aromatic carbocycles. The Kier molecular flexibility index (Phi) is 2.54. The van der Waals surface area contributed by atoms with Crippen molar-refractivity contribution < 1.29 is 10.2 Å². The number of aliphatic hydroxyl groups is 2. The van der Waals surface area contributed by atoms with Crippen LogP contribution in [0.25, 0.3) is 0 Å². The van der Waals surface area contributed by atoms with Gasteiger partial charge in [0.05, 0.1) is 12.2 Å². The summed E-state index contributed by atoms with van der Waals surface area (Å²) in [4.78, 5) is 9.52. The number of hydrogen-bond donors (Lipinski definition) is 2. The van der Waals surface area contributed by atoms with Crippen LogP contribution in [0, 0.1) is 0 Å². The molecule has 2 heterocycles. The van der Waals surface area contributed by atoms with Gasteiger partial charge >= 0.3 is 0 Å². The number of anilines is 1. The third-order valence-corrected chi connectivity index (χ3v) is 2.41. The monoisotopic (exact) mass is 215 g/mol. The molecule has 0 aliphatic carbocycles. The van der Waals surface area contributed by atoms with E-state index in [2.05, 4.69) is 9.97 Å². The number of aromatic nitrogens is 2. The van der Waals surface area contributed by atoms with Crippen LogP contribution in [0.2, 0.25) is 5.15 Å². The lowest BCUT2D eigenvalue weighted by molar-refractivity contribution is 0.0572. The van der Waals surface area contributed by atoms with Crippen molar-refractivity contribution in [2.75, 3.05) is 18.0 Å². The molecule has 0 bridgehead atoms. The van der Waals surface area contributed by atoms with Crippen LogP contribution in [0.15, 0.2) is 12.4 Å². The van der Waals surface area contributed by atoms with Crippen LogP contribution in [0.5, 0.6) is 0 Å². The van der Waals surface area contributed by atoms with Crippen LogP contribution in [-0.4, -0.2) is 45.5 Å². The van der Waals surface area contributed by atoms with E-state index in [0.29, 0.717) is 24.1 Å². The maximum atomic E-state index is 9.33. The molecule has 14 heavy (non-hydrogen) atoms. The molecule has 1 fully saturated rings. The summed E-state index contributed by atoms with van der Waals surface area (Å²) in [5.41, 5.74) is 0. The molecule has 0 radical (unpaired) electrons. The number of halogens is 1. The summed E-state index contributed by atoms with van der Waals surface area (Å²) in [5, 5.41) is 19.0. The first-order chi connectivity index (χ1) is 6.66. The van der Waals surface area contributed by atoms with Crippen molar-refractivity contribution in [2.45, 2.75) is 12.2 Å². The Bertz CT molecular complexity index is 326.